The molecule has 2 N–H and O–H groups in total. The van der Waals surface area contributed by atoms with E-state index >= 15 is 0 Å². The number of rotatable bonds is 5. The molecule has 0 amide bonds. The molecule has 1 rings (SSSR count). The van der Waals surface area contributed by atoms with Gasteiger partial charge in [-0.05, 0) is 25.3 Å². The van der Waals surface area contributed by atoms with Crippen LogP contribution in [0.4, 0.5) is 0 Å². The van der Waals surface area contributed by atoms with Crippen LogP contribution in [0.1, 0.15) is 32.3 Å². The Morgan fingerprint density at radius 2 is 1.71 bits per heavy atom. The lowest BCUT2D eigenvalue weighted by Crippen LogP contribution is -2.42. The first-order valence-electron chi connectivity index (χ1n) is 5.56. The van der Waals surface area contributed by atoms with Gasteiger partial charge in [-0.3, -0.25) is 4.79 Å². The van der Waals surface area contributed by atoms with Crippen LogP contribution in [0.15, 0.2) is 30.3 Å². The number of carboxylic acid groups (broad SMARTS) is 1. The van der Waals surface area contributed by atoms with E-state index in [0.717, 1.165) is 0 Å². The van der Waals surface area contributed by atoms with E-state index in [0.29, 0.717) is 5.92 Å². The SMILES string of the molecule is CC(N[C@@H](C)C(=O)O)C(C)c1ccccc1.Cl. The van der Waals surface area contributed by atoms with Crippen molar-refractivity contribution in [3.63, 3.8) is 0 Å². The molecule has 0 fully saturated rings. The van der Waals surface area contributed by atoms with E-state index in [1.165, 1.54) is 5.56 Å². The lowest BCUT2D eigenvalue weighted by molar-refractivity contribution is -0.139. The number of benzene rings is 1. The number of aliphatic carboxylic acids is 1. The van der Waals surface area contributed by atoms with Crippen molar-refractivity contribution in [3.8, 4) is 0 Å². The van der Waals surface area contributed by atoms with Crippen LogP contribution in [0.2, 0.25) is 0 Å². The molecule has 0 aliphatic carbocycles. The molecule has 0 aromatic heterocycles. The van der Waals surface area contributed by atoms with Crippen LogP contribution in [0.5, 0.6) is 0 Å². The van der Waals surface area contributed by atoms with Crippen LogP contribution >= 0.6 is 12.4 Å². The predicted molar refractivity (Wildman–Crippen MR) is 71.8 cm³/mol. The minimum absolute atomic E-state index is 0. The number of hydrogen-bond acceptors (Lipinski definition) is 2. The van der Waals surface area contributed by atoms with Gasteiger partial charge in [0.25, 0.3) is 0 Å². The highest BCUT2D eigenvalue weighted by Gasteiger charge is 2.19. The summed E-state index contributed by atoms with van der Waals surface area (Å²) in [6.07, 6.45) is 0. The van der Waals surface area contributed by atoms with Crippen molar-refractivity contribution in [1.82, 2.24) is 5.32 Å². The molecule has 3 nitrogen and oxygen atoms in total. The van der Waals surface area contributed by atoms with E-state index in [2.05, 4.69) is 24.4 Å². The average molecular weight is 258 g/mol. The van der Waals surface area contributed by atoms with Crippen LogP contribution in [0.3, 0.4) is 0 Å². The second-order valence-corrected chi connectivity index (χ2v) is 4.21. The minimum Gasteiger partial charge on any atom is -0.480 e. The summed E-state index contributed by atoms with van der Waals surface area (Å²) < 4.78 is 0. The summed E-state index contributed by atoms with van der Waals surface area (Å²) in [7, 11) is 0. The van der Waals surface area contributed by atoms with Crippen molar-refractivity contribution < 1.29 is 9.90 Å². The van der Waals surface area contributed by atoms with Gasteiger partial charge in [-0.1, -0.05) is 37.3 Å². The highest BCUT2D eigenvalue weighted by atomic mass is 35.5. The minimum atomic E-state index is -0.813. The summed E-state index contributed by atoms with van der Waals surface area (Å²) in [5, 5.41) is 11.9. The number of carboxylic acids is 1. The third kappa shape index (κ3) is 4.75. The molecule has 4 heteroatoms. The number of carbonyl (C=O) groups is 1. The molecule has 2 unspecified atom stereocenters. The number of halogens is 1. The zero-order valence-corrected chi connectivity index (χ0v) is 11.2. The van der Waals surface area contributed by atoms with Crippen molar-refractivity contribution in [2.45, 2.75) is 38.8 Å². The van der Waals surface area contributed by atoms with E-state index in [9.17, 15) is 4.79 Å². The van der Waals surface area contributed by atoms with Crippen molar-refractivity contribution in [3.05, 3.63) is 35.9 Å². The molecule has 0 aliphatic rings. The van der Waals surface area contributed by atoms with E-state index < -0.39 is 12.0 Å². The van der Waals surface area contributed by atoms with Gasteiger partial charge < -0.3 is 10.4 Å². The van der Waals surface area contributed by atoms with Gasteiger partial charge in [0.1, 0.15) is 6.04 Å². The Bertz CT molecular complexity index is 343. The molecule has 0 aliphatic heterocycles. The molecular formula is C13H20ClNO2. The highest BCUT2D eigenvalue weighted by Crippen LogP contribution is 2.18. The maximum atomic E-state index is 10.7. The Hall–Kier alpha value is -1.06. The van der Waals surface area contributed by atoms with Gasteiger partial charge in [0.15, 0.2) is 0 Å². The fourth-order valence-electron chi connectivity index (χ4n) is 1.66. The predicted octanol–water partition coefficient (Wildman–Crippen LogP) is 2.66. The molecule has 0 heterocycles. The van der Waals surface area contributed by atoms with Crippen LogP contribution in [0.25, 0.3) is 0 Å². The van der Waals surface area contributed by atoms with Crippen LogP contribution in [-0.4, -0.2) is 23.2 Å². The first-order valence-corrected chi connectivity index (χ1v) is 5.56. The summed E-state index contributed by atoms with van der Waals surface area (Å²) in [4.78, 5) is 10.7. The van der Waals surface area contributed by atoms with E-state index in [1.54, 1.807) is 6.92 Å². The molecule has 96 valence electrons. The largest absolute Gasteiger partial charge is 0.480 e. The Morgan fingerprint density at radius 1 is 1.18 bits per heavy atom. The first kappa shape index (κ1) is 15.9. The van der Waals surface area contributed by atoms with Gasteiger partial charge in [-0.2, -0.15) is 0 Å². The Balaban J connectivity index is 0.00000256. The second kappa shape index (κ2) is 7.30. The molecule has 0 spiro atoms. The van der Waals surface area contributed by atoms with Gasteiger partial charge in [0.2, 0.25) is 0 Å². The monoisotopic (exact) mass is 257 g/mol. The average Bonchev–Trinajstić information content (AvgIpc) is 2.28. The first-order chi connectivity index (χ1) is 7.52. The number of hydrogen-bond donors (Lipinski definition) is 2. The van der Waals surface area contributed by atoms with Crippen molar-refractivity contribution in [2.24, 2.45) is 0 Å². The molecule has 3 atom stereocenters. The topological polar surface area (TPSA) is 49.3 Å². The molecule has 0 bridgehead atoms. The quantitative estimate of drug-likeness (QED) is 0.853. The third-order valence-electron chi connectivity index (χ3n) is 2.96. The van der Waals surface area contributed by atoms with Crippen LogP contribution in [-0.2, 0) is 4.79 Å². The molecule has 0 saturated heterocycles. The molecule has 1 aromatic rings. The summed E-state index contributed by atoms with van der Waals surface area (Å²) in [5.41, 5.74) is 1.22. The van der Waals surface area contributed by atoms with Gasteiger partial charge in [-0.25, -0.2) is 0 Å². The Morgan fingerprint density at radius 3 is 2.18 bits per heavy atom. The maximum absolute atomic E-state index is 10.7. The van der Waals surface area contributed by atoms with Crippen LogP contribution in [0, 0.1) is 0 Å². The summed E-state index contributed by atoms with van der Waals surface area (Å²) in [5.74, 6) is -0.518. The molecule has 1 aromatic carbocycles. The smallest absolute Gasteiger partial charge is 0.320 e. The fourth-order valence-corrected chi connectivity index (χ4v) is 1.66. The van der Waals surface area contributed by atoms with Gasteiger partial charge in [-0.15, -0.1) is 12.4 Å². The zero-order chi connectivity index (χ0) is 12.1. The fraction of sp³-hybridized carbons (Fsp3) is 0.462. The van der Waals surface area contributed by atoms with E-state index in [-0.39, 0.29) is 18.4 Å². The molecule has 0 radical (unpaired) electrons. The van der Waals surface area contributed by atoms with Crippen molar-refractivity contribution in [2.75, 3.05) is 0 Å². The van der Waals surface area contributed by atoms with Crippen LogP contribution < -0.4 is 5.32 Å². The Labute approximate surface area is 109 Å². The van der Waals surface area contributed by atoms with E-state index in [1.807, 2.05) is 25.1 Å². The second-order valence-electron chi connectivity index (χ2n) is 4.21. The standard InChI is InChI=1S/C13H19NO2.ClH/c1-9(12-7-5-4-6-8-12)10(2)14-11(3)13(15)16;/h4-11,14H,1-3H3,(H,15,16);1H/t9?,10?,11-;/m0./s1. The highest BCUT2D eigenvalue weighted by molar-refractivity contribution is 5.85. The summed E-state index contributed by atoms with van der Waals surface area (Å²) in [6, 6.07) is 9.73. The zero-order valence-electron chi connectivity index (χ0n) is 10.4. The van der Waals surface area contributed by atoms with E-state index in [4.69, 9.17) is 5.11 Å². The molecular weight excluding hydrogens is 238 g/mol. The molecule has 17 heavy (non-hydrogen) atoms. The normalized spacial score (nSPS) is 15.5. The van der Waals surface area contributed by atoms with Gasteiger partial charge in [0, 0.05) is 6.04 Å². The Kier molecular flexibility index (Phi) is 6.85. The lowest BCUT2D eigenvalue weighted by Gasteiger charge is -2.23. The number of nitrogens with one attached hydrogen (secondary N) is 1. The van der Waals surface area contributed by atoms with Crippen molar-refractivity contribution in [1.29, 1.82) is 0 Å². The van der Waals surface area contributed by atoms with Gasteiger partial charge in [0.05, 0.1) is 0 Å². The van der Waals surface area contributed by atoms with Crippen molar-refractivity contribution >= 4 is 18.4 Å². The summed E-state index contributed by atoms with van der Waals surface area (Å²) >= 11 is 0. The van der Waals surface area contributed by atoms with Gasteiger partial charge >= 0.3 is 5.97 Å². The third-order valence-corrected chi connectivity index (χ3v) is 2.96. The molecule has 0 saturated carbocycles. The lowest BCUT2D eigenvalue weighted by atomic mass is 9.94. The maximum Gasteiger partial charge on any atom is 0.320 e. The summed E-state index contributed by atoms with van der Waals surface area (Å²) in [6.45, 7) is 5.77.